The highest BCUT2D eigenvalue weighted by atomic mass is 16.5. The van der Waals surface area contributed by atoms with E-state index in [0.29, 0.717) is 11.3 Å². The zero-order chi connectivity index (χ0) is 22.2. The number of benzene rings is 2. The number of aryl methyl sites for hydroxylation is 2. The fourth-order valence-electron chi connectivity index (χ4n) is 3.45. The zero-order valence-electron chi connectivity index (χ0n) is 18.2. The molecule has 0 aliphatic carbocycles. The Bertz CT molecular complexity index is 1030. The van der Waals surface area contributed by atoms with Crippen molar-refractivity contribution >= 4 is 16.9 Å². The van der Waals surface area contributed by atoms with Crippen molar-refractivity contribution < 1.29 is 23.8 Å². The molecule has 0 radical (unpaired) electrons. The molecule has 0 aliphatic rings. The molecule has 2 aromatic carbocycles. The first kappa shape index (κ1) is 22.6. The average molecular weight is 423 g/mol. The predicted octanol–water partition coefficient (Wildman–Crippen LogP) is 5.61. The van der Waals surface area contributed by atoms with Gasteiger partial charge < -0.3 is 19.0 Å². The van der Waals surface area contributed by atoms with E-state index in [-0.39, 0.29) is 13.2 Å². The Hall–Kier alpha value is -3.05. The summed E-state index contributed by atoms with van der Waals surface area (Å²) in [6.07, 6.45) is 4.93. The fraction of sp³-hybridized carbons (Fsp3) is 0.346. The average Bonchev–Trinajstić information content (AvgIpc) is 3.19. The molecule has 1 unspecified atom stereocenters. The van der Waals surface area contributed by atoms with Crippen molar-refractivity contribution in [1.82, 2.24) is 0 Å². The van der Waals surface area contributed by atoms with Gasteiger partial charge in [-0.25, -0.2) is 4.79 Å². The van der Waals surface area contributed by atoms with Crippen LogP contribution in [-0.4, -0.2) is 30.4 Å². The minimum absolute atomic E-state index is 0.00208. The van der Waals surface area contributed by atoms with Crippen LogP contribution in [0.2, 0.25) is 0 Å². The van der Waals surface area contributed by atoms with Gasteiger partial charge in [-0.1, -0.05) is 44.5 Å². The lowest BCUT2D eigenvalue weighted by atomic mass is 10.00. The molecule has 3 aromatic rings. The van der Waals surface area contributed by atoms with E-state index >= 15 is 0 Å². The predicted molar refractivity (Wildman–Crippen MR) is 122 cm³/mol. The highest BCUT2D eigenvalue weighted by molar-refractivity contribution is 5.84. The first-order chi connectivity index (χ1) is 15.0. The number of aliphatic hydroxyl groups excluding tert-OH is 1. The molecule has 0 spiro atoms. The molecule has 1 aromatic heterocycles. The summed E-state index contributed by atoms with van der Waals surface area (Å²) in [5.74, 6) is 0.819. The van der Waals surface area contributed by atoms with Crippen LogP contribution < -0.4 is 4.74 Å². The summed E-state index contributed by atoms with van der Waals surface area (Å²) < 4.78 is 16.5. The van der Waals surface area contributed by atoms with Crippen molar-refractivity contribution in [2.24, 2.45) is 0 Å². The Labute approximate surface area is 183 Å². The quantitative estimate of drug-likeness (QED) is 0.247. The molecular formula is C26H30O5. The second-order valence-corrected chi connectivity index (χ2v) is 7.72. The van der Waals surface area contributed by atoms with Crippen LogP contribution in [0, 0.1) is 6.92 Å². The maximum Gasteiger partial charge on any atom is 0.330 e. The van der Waals surface area contributed by atoms with Gasteiger partial charge in [-0.3, -0.25) is 0 Å². The van der Waals surface area contributed by atoms with Gasteiger partial charge in [0.1, 0.15) is 36.4 Å². The van der Waals surface area contributed by atoms with E-state index in [1.165, 1.54) is 30.4 Å². The highest BCUT2D eigenvalue weighted by Gasteiger charge is 2.12. The first-order valence-electron chi connectivity index (χ1n) is 10.7. The summed E-state index contributed by atoms with van der Waals surface area (Å²) in [7, 11) is 0. The van der Waals surface area contributed by atoms with Crippen LogP contribution in [0.25, 0.3) is 22.3 Å². The summed E-state index contributed by atoms with van der Waals surface area (Å²) in [6, 6.07) is 14.1. The molecule has 31 heavy (non-hydrogen) atoms. The van der Waals surface area contributed by atoms with Crippen LogP contribution >= 0.6 is 0 Å². The van der Waals surface area contributed by atoms with Crippen LogP contribution in [0.15, 0.2) is 59.5 Å². The summed E-state index contributed by atoms with van der Waals surface area (Å²) in [4.78, 5) is 11.1. The third-order valence-corrected chi connectivity index (χ3v) is 5.14. The molecule has 164 valence electrons. The lowest BCUT2D eigenvalue weighted by Gasteiger charge is -2.12. The van der Waals surface area contributed by atoms with Crippen molar-refractivity contribution in [3.05, 3.63) is 66.2 Å². The summed E-state index contributed by atoms with van der Waals surface area (Å²) in [5.41, 5.74) is 4.35. The Morgan fingerprint density at radius 1 is 1.16 bits per heavy atom. The number of rotatable bonds is 11. The van der Waals surface area contributed by atoms with Crippen molar-refractivity contribution in [1.29, 1.82) is 0 Å². The van der Waals surface area contributed by atoms with Gasteiger partial charge in [-0.2, -0.15) is 0 Å². The van der Waals surface area contributed by atoms with Gasteiger partial charge in [-0.15, -0.1) is 0 Å². The molecule has 1 N–H and O–H groups in total. The molecule has 1 heterocycles. The number of carbonyl (C=O) groups is 1. The molecule has 1 atom stereocenters. The summed E-state index contributed by atoms with van der Waals surface area (Å²) >= 11 is 0. The van der Waals surface area contributed by atoms with Crippen LogP contribution in [0.4, 0.5) is 0 Å². The van der Waals surface area contributed by atoms with Crippen LogP contribution in [0.3, 0.4) is 0 Å². The monoisotopic (exact) mass is 422 g/mol. The minimum Gasteiger partial charge on any atom is -0.491 e. The van der Waals surface area contributed by atoms with Gasteiger partial charge in [0.25, 0.3) is 0 Å². The van der Waals surface area contributed by atoms with Crippen molar-refractivity contribution in [2.45, 2.75) is 45.6 Å². The van der Waals surface area contributed by atoms with Crippen molar-refractivity contribution in [3.8, 4) is 17.1 Å². The van der Waals surface area contributed by atoms with Crippen molar-refractivity contribution in [3.63, 3.8) is 0 Å². The molecule has 0 fully saturated rings. The molecule has 3 rings (SSSR count). The van der Waals surface area contributed by atoms with E-state index in [9.17, 15) is 9.90 Å². The fourth-order valence-corrected chi connectivity index (χ4v) is 3.45. The van der Waals surface area contributed by atoms with Gasteiger partial charge >= 0.3 is 5.97 Å². The van der Waals surface area contributed by atoms with E-state index in [4.69, 9.17) is 13.9 Å². The Kier molecular flexibility index (Phi) is 7.90. The smallest absolute Gasteiger partial charge is 0.330 e. The Morgan fingerprint density at radius 2 is 2.00 bits per heavy atom. The topological polar surface area (TPSA) is 68.9 Å². The number of carbonyl (C=O) groups excluding carboxylic acids is 1. The van der Waals surface area contributed by atoms with Gasteiger partial charge in [-0.05, 0) is 49.1 Å². The molecular weight excluding hydrogens is 392 g/mol. The SMILES string of the molecule is C=CC(=O)OCC(O)COc1ccc2cc(-c3ccc(CCCCC)cc3C)oc2c1. The molecule has 5 nitrogen and oxygen atoms in total. The number of esters is 1. The highest BCUT2D eigenvalue weighted by Crippen LogP contribution is 2.32. The maximum absolute atomic E-state index is 11.1. The third kappa shape index (κ3) is 6.22. The Balaban J connectivity index is 1.66. The van der Waals surface area contributed by atoms with Crippen molar-refractivity contribution in [2.75, 3.05) is 13.2 Å². The van der Waals surface area contributed by atoms with Gasteiger partial charge in [0, 0.05) is 23.1 Å². The zero-order valence-corrected chi connectivity index (χ0v) is 18.2. The molecule has 0 saturated heterocycles. The number of aliphatic hydroxyl groups is 1. The molecule has 0 saturated carbocycles. The molecule has 0 aliphatic heterocycles. The lowest BCUT2D eigenvalue weighted by molar-refractivity contribution is -0.141. The summed E-state index contributed by atoms with van der Waals surface area (Å²) in [5, 5.41) is 10.9. The van der Waals surface area contributed by atoms with Gasteiger partial charge in [0.2, 0.25) is 0 Å². The van der Waals surface area contributed by atoms with E-state index in [1.54, 1.807) is 6.07 Å². The number of hydrogen-bond acceptors (Lipinski definition) is 5. The molecule has 5 heteroatoms. The normalized spacial score (nSPS) is 12.0. The first-order valence-corrected chi connectivity index (χ1v) is 10.7. The van der Waals surface area contributed by atoms with Crippen LogP contribution in [0.1, 0.15) is 37.3 Å². The standard InChI is InChI=1S/C26H30O5/c1-4-6-7-8-19-9-12-23(18(3)13-19)25-14-20-10-11-22(15-24(20)31-25)29-16-21(27)17-30-26(28)5-2/h5,9-15,21,27H,2,4,6-8,16-17H2,1,3H3. The number of ether oxygens (including phenoxy) is 2. The molecule has 0 amide bonds. The van der Waals surface area contributed by atoms with E-state index < -0.39 is 12.1 Å². The van der Waals surface area contributed by atoms with Gasteiger partial charge in [0.15, 0.2) is 0 Å². The minimum atomic E-state index is -0.926. The van der Waals surface area contributed by atoms with E-state index in [2.05, 4.69) is 38.6 Å². The Morgan fingerprint density at radius 3 is 2.74 bits per heavy atom. The number of fused-ring (bicyclic) bond motifs is 1. The number of furan rings is 1. The largest absolute Gasteiger partial charge is 0.491 e. The second kappa shape index (κ2) is 10.8. The number of hydrogen-bond donors (Lipinski definition) is 1. The second-order valence-electron chi connectivity index (χ2n) is 7.72. The van der Waals surface area contributed by atoms with Gasteiger partial charge in [0.05, 0.1) is 0 Å². The van der Waals surface area contributed by atoms with E-state index in [1.807, 2.05) is 18.2 Å². The summed E-state index contributed by atoms with van der Waals surface area (Å²) in [6.45, 7) is 7.50. The number of unbranched alkanes of at least 4 members (excludes halogenated alkanes) is 2. The van der Waals surface area contributed by atoms with E-state index in [0.717, 1.165) is 29.2 Å². The third-order valence-electron chi connectivity index (χ3n) is 5.14. The van der Waals surface area contributed by atoms with Crippen LogP contribution in [-0.2, 0) is 16.0 Å². The molecule has 0 bridgehead atoms. The lowest BCUT2D eigenvalue weighted by Crippen LogP contribution is -2.24. The van der Waals surface area contributed by atoms with Crippen LogP contribution in [0.5, 0.6) is 5.75 Å². The maximum atomic E-state index is 11.1.